The van der Waals surface area contributed by atoms with Gasteiger partial charge in [0, 0.05) is 5.57 Å². The maximum absolute atomic E-state index is 9.49. The first-order chi connectivity index (χ1) is 12.5. The summed E-state index contributed by atoms with van der Waals surface area (Å²) in [6.07, 6.45) is 10.4. The van der Waals surface area contributed by atoms with Crippen LogP contribution in [0.15, 0.2) is 83.0 Å². The van der Waals surface area contributed by atoms with Gasteiger partial charge in [-0.1, -0.05) is 82.3 Å². The Morgan fingerprint density at radius 1 is 0.846 bits per heavy atom. The summed E-state index contributed by atoms with van der Waals surface area (Å²) < 4.78 is 0. The van der Waals surface area contributed by atoms with E-state index in [1.165, 1.54) is 11.1 Å². The molecule has 0 atom stereocenters. The van der Waals surface area contributed by atoms with Crippen molar-refractivity contribution in [3.63, 3.8) is 0 Å². The molecule has 0 N–H and O–H groups in total. The molecule has 0 heterocycles. The molecule has 1 aliphatic carbocycles. The van der Waals surface area contributed by atoms with Gasteiger partial charge in [-0.05, 0) is 40.2 Å². The van der Waals surface area contributed by atoms with Gasteiger partial charge in [-0.3, -0.25) is 0 Å². The van der Waals surface area contributed by atoms with Gasteiger partial charge >= 0.3 is 0 Å². The van der Waals surface area contributed by atoms with Crippen LogP contribution in [0.25, 0.3) is 5.57 Å². The topological polar surface area (TPSA) is 47.6 Å². The van der Waals surface area contributed by atoms with Crippen molar-refractivity contribution in [2.75, 3.05) is 0 Å². The standard InChI is InChI=1S/C24H24N2/c1-17(2)21-12-8-9-13-22(18(3)4)24(21)14-23(20(15-25)16-26)19-10-6-5-7-11-19/h5-14,17-18H,1-4H3. The van der Waals surface area contributed by atoms with Gasteiger partial charge in [0.25, 0.3) is 0 Å². The third kappa shape index (κ3) is 4.29. The Bertz CT molecular complexity index is 844. The summed E-state index contributed by atoms with van der Waals surface area (Å²) in [5.41, 5.74) is 5.20. The average molecular weight is 340 g/mol. The molecule has 0 saturated heterocycles. The Morgan fingerprint density at radius 3 is 1.77 bits per heavy atom. The van der Waals surface area contributed by atoms with E-state index in [1.807, 2.05) is 36.4 Å². The number of hydrogen-bond acceptors (Lipinski definition) is 2. The smallest absolute Gasteiger partial charge is 0.137 e. The minimum absolute atomic E-state index is 0.132. The van der Waals surface area contributed by atoms with Crippen LogP contribution in [-0.2, 0) is 0 Å². The van der Waals surface area contributed by atoms with Crippen molar-refractivity contribution in [1.82, 2.24) is 0 Å². The van der Waals surface area contributed by atoms with E-state index in [1.54, 1.807) is 0 Å². The molecule has 1 aromatic carbocycles. The van der Waals surface area contributed by atoms with Crippen molar-refractivity contribution in [3.8, 4) is 12.1 Å². The largest absolute Gasteiger partial charge is 0.192 e. The normalized spacial score (nSPS) is 13.5. The minimum atomic E-state index is 0.132. The van der Waals surface area contributed by atoms with Gasteiger partial charge in [-0.2, -0.15) is 10.5 Å². The molecule has 2 nitrogen and oxygen atoms in total. The van der Waals surface area contributed by atoms with E-state index in [0.717, 1.165) is 11.1 Å². The zero-order valence-corrected chi connectivity index (χ0v) is 15.8. The molecule has 1 aromatic rings. The van der Waals surface area contributed by atoms with Crippen LogP contribution in [0.2, 0.25) is 0 Å². The van der Waals surface area contributed by atoms with Crippen molar-refractivity contribution < 1.29 is 0 Å². The molecule has 26 heavy (non-hydrogen) atoms. The third-order valence-corrected chi connectivity index (χ3v) is 4.40. The average Bonchev–Trinajstić information content (AvgIpc) is 2.85. The van der Waals surface area contributed by atoms with Crippen LogP contribution in [0.5, 0.6) is 0 Å². The van der Waals surface area contributed by atoms with Crippen molar-refractivity contribution in [2.45, 2.75) is 27.7 Å². The van der Waals surface area contributed by atoms with E-state index in [4.69, 9.17) is 0 Å². The molecule has 1 aliphatic rings. The highest BCUT2D eigenvalue weighted by molar-refractivity contribution is 5.84. The summed E-state index contributed by atoms with van der Waals surface area (Å²) in [5.74, 6) is 0.659. The van der Waals surface area contributed by atoms with Crippen molar-refractivity contribution >= 4 is 5.57 Å². The van der Waals surface area contributed by atoms with Gasteiger partial charge < -0.3 is 0 Å². The maximum Gasteiger partial charge on any atom is 0.137 e. The Kier molecular flexibility index (Phi) is 6.54. The number of allylic oxidation sites excluding steroid dienone is 10. The molecule has 0 aliphatic heterocycles. The van der Waals surface area contributed by atoms with E-state index in [2.05, 4.69) is 64.1 Å². The number of nitrogens with zero attached hydrogens (tertiary/aromatic N) is 2. The summed E-state index contributed by atoms with van der Waals surface area (Å²) in [6, 6.07) is 13.8. The van der Waals surface area contributed by atoms with Crippen LogP contribution < -0.4 is 0 Å². The van der Waals surface area contributed by atoms with Gasteiger partial charge in [0.2, 0.25) is 0 Å². The highest BCUT2D eigenvalue weighted by atomic mass is 14.3. The van der Waals surface area contributed by atoms with E-state index in [-0.39, 0.29) is 5.57 Å². The van der Waals surface area contributed by atoms with E-state index in [9.17, 15) is 10.5 Å². The second-order valence-corrected chi connectivity index (χ2v) is 6.87. The van der Waals surface area contributed by atoms with Gasteiger partial charge in [0.05, 0.1) is 0 Å². The van der Waals surface area contributed by atoms with Gasteiger partial charge in [0.15, 0.2) is 0 Å². The fourth-order valence-electron chi connectivity index (χ4n) is 3.05. The predicted octanol–water partition coefficient (Wildman–Crippen LogP) is 6.15. The Balaban J connectivity index is 2.79. The Labute approximate surface area is 156 Å². The number of rotatable bonds is 4. The highest BCUT2D eigenvalue weighted by Crippen LogP contribution is 2.35. The molecule has 130 valence electrons. The first-order valence-electron chi connectivity index (χ1n) is 8.90. The van der Waals surface area contributed by atoms with Crippen LogP contribution >= 0.6 is 0 Å². The number of nitriles is 2. The summed E-state index contributed by atoms with van der Waals surface area (Å²) >= 11 is 0. The molecule has 0 spiro atoms. The summed E-state index contributed by atoms with van der Waals surface area (Å²) in [5, 5.41) is 19.0. The molecule has 0 aromatic heterocycles. The van der Waals surface area contributed by atoms with Crippen LogP contribution in [0.3, 0.4) is 0 Å². The molecule has 0 amide bonds. The van der Waals surface area contributed by atoms with Crippen LogP contribution in [-0.4, -0.2) is 0 Å². The van der Waals surface area contributed by atoms with Gasteiger partial charge in [-0.25, -0.2) is 0 Å². The second-order valence-electron chi connectivity index (χ2n) is 6.87. The molecule has 2 heteroatoms. The second kappa shape index (κ2) is 8.84. The molecule has 0 bridgehead atoms. The number of benzene rings is 1. The summed E-state index contributed by atoms with van der Waals surface area (Å²) in [7, 11) is 0. The van der Waals surface area contributed by atoms with Gasteiger partial charge in [0.1, 0.15) is 17.7 Å². The molecule has 0 unspecified atom stereocenters. The van der Waals surface area contributed by atoms with Crippen molar-refractivity contribution in [3.05, 3.63) is 88.6 Å². The summed E-state index contributed by atoms with van der Waals surface area (Å²) in [4.78, 5) is 0. The van der Waals surface area contributed by atoms with Crippen LogP contribution in [0.1, 0.15) is 33.3 Å². The monoisotopic (exact) mass is 340 g/mol. The third-order valence-electron chi connectivity index (χ3n) is 4.40. The molecule has 2 rings (SSSR count). The first kappa shape index (κ1) is 19.2. The Hall–Kier alpha value is -3.10. The molecular weight excluding hydrogens is 316 g/mol. The molecular formula is C24H24N2. The maximum atomic E-state index is 9.49. The zero-order chi connectivity index (χ0) is 19.1. The summed E-state index contributed by atoms with van der Waals surface area (Å²) in [6.45, 7) is 8.66. The predicted molar refractivity (Wildman–Crippen MR) is 108 cm³/mol. The van der Waals surface area contributed by atoms with Crippen molar-refractivity contribution in [2.24, 2.45) is 11.8 Å². The van der Waals surface area contributed by atoms with Gasteiger partial charge in [-0.15, -0.1) is 0 Å². The molecule has 0 saturated carbocycles. The molecule has 0 fully saturated rings. The number of hydrogen-bond donors (Lipinski definition) is 0. The lowest BCUT2D eigenvalue weighted by molar-refractivity contribution is 0.741. The van der Waals surface area contributed by atoms with E-state index < -0.39 is 0 Å². The highest BCUT2D eigenvalue weighted by Gasteiger charge is 2.19. The lowest BCUT2D eigenvalue weighted by atomic mass is 9.83. The Morgan fingerprint density at radius 2 is 1.35 bits per heavy atom. The minimum Gasteiger partial charge on any atom is -0.192 e. The molecule has 0 radical (unpaired) electrons. The van der Waals surface area contributed by atoms with Crippen molar-refractivity contribution in [1.29, 1.82) is 10.5 Å². The fraction of sp³-hybridized carbons (Fsp3) is 0.250. The van der Waals surface area contributed by atoms with Crippen LogP contribution in [0.4, 0.5) is 0 Å². The zero-order valence-electron chi connectivity index (χ0n) is 15.8. The van der Waals surface area contributed by atoms with Crippen LogP contribution in [0, 0.1) is 34.5 Å². The quantitative estimate of drug-likeness (QED) is 0.617. The fourth-order valence-corrected chi connectivity index (χ4v) is 3.05. The SMILES string of the molecule is CC(C)C1=CC=CC=C(C(C)C)C1=CC(=C(C#N)C#N)c1ccccc1. The lowest BCUT2D eigenvalue weighted by Gasteiger charge is -2.21. The van der Waals surface area contributed by atoms with E-state index >= 15 is 0 Å². The van der Waals surface area contributed by atoms with E-state index in [0.29, 0.717) is 17.4 Å². The lowest BCUT2D eigenvalue weighted by Crippen LogP contribution is -2.06. The first-order valence-corrected chi connectivity index (χ1v) is 8.90.